The first-order valence-electron chi connectivity index (χ1n) is 6.86. The minimum atomic E-state index is -0.0551. The molecule has 3 heterocycles. The molecule has 0 radical (unpaired) electrons. The Morgan fingerprint density at radius 3 is 3.16 bits per heavy atom. The van der Waals surface area contributed by atoms with Crippen LogP contribution in [0.4, 0.5) is 5.82 Å². The van der Waals surface area contributed by atoms with Crippen LogP contribution < -0.4 is 10.6 Å². The molecule has 0 saturated carbocycles. The topological polar surface area (TPSA) is 76.0 Å². The van der Waals surface area contributed by atoms with Crippen molar-refractivity contribution < 1.29 is 9.59 Å². The predicted molar refractivity (Wildman–Crippen MR) is 69.6 cm³/mol. The Morgan fingerprint density at radius 2 is 2.37 bits per heavy atom. The van der Waals surface area contributed by atoms with E-state index in [1.54, 1.807) is 6.20 Å². The molecule has 0 aromatic carbocycles. The highest BCUT2D eigenvalue weighted by molar-refractivity contribution is 5.91. The van der Waals surface area contributed by atoms with Crippen molar-refractivity contribution >= 4 is 17.6 Å². The molecule has 102 valence electrons. The molecule has 0 bridgehead atoms. The third kappa shape index (κ3) is 2.62. The van der Waals surface area contributed by atoms with Crippen molar-refractivity contribution in [2.45, 2.75) is 51.1 Å². The maximum Gasteiger partial charge on any atom is 0.227 e. The second kappa shape index (κ2) is 5.03. The van der Waals surface area contributed by atoms with E-state index in [1.807, 2.05) is 0 Å². The number of anilines is 1. The number of fused-ring (bicyclic) bond motifs is 1. The summed E-state index contributed by atoms with van der Waals surface area (Å²) < 4.78 is 2.08. The number of aryl methyl sites for hydroxylation is 1. The molecule has 3 rings (SSSR count). The number of carbonyl (C=O) groups excluding carboxylic acids is 2. The molecular formula is C13H18N4O2. The van der Waals surface area contributed by atoms with Crippen molar-refractivity contribution in [1.82, 2.24) is 14.9 Å². The molecule has 1 atom stereocenters. The number of rotatable bonds is 3. The van der Waals surface area contributed by atoms with Gasteiger partial charge in [-0.15, -0.1) is 0 Å². The number of aromatic nitrogens is 2. The van der Waals surface area contributed by atoms with E-state index in [9.17, 15) is 9.59 Å². The molecule has 0 unspecified atom stereocenters. The highest BCUT2D eigenvalue weighted by Gasteiger charge is 2.24. The van der Waals surface area contributed by atoms with Crippen LogP contribution in [0.1, 0.15) is 37.9 Å². The summed E-state index contributed by atoms with van der Waals surface area (Å²) in [4.78, 5) is 27.4. The average Bonchev–Trinajstić information content (AvgIpc) is 2.97. The van der Waals surface area contributed by atoms with Crippen molar-refractivity contribution in [3.63, 3.8) is 0 Å². The molecular weight excluding hydrogens is 244 g/mol. The molecule has 2 amide bonds. The molecule has 0 spiro atoms. The maximum atomic E-state index is 12.0. The number of carbonyl (C=O) groups is 2. The third-order valence-corrected chi connectivity index (χ3v) is 3.75. The van der Waals surface area contributed by atoms with Crippen LogP contribution in [0.5, 0.6) is 0 Å². The minimum absolute atomic E-state index is 0.0174. The Kier molecular flexibility index (Phi) is 3.23. The van der Waals surface area contributed by atoms with Crippen LogP contribution in [-0.4, -0.2) is 27.4 Å². The number of nitrogens with zero attached hydrogens (tertiary/aromatic N) is 2. The van der Waals surface area contributed by atoms with Crippen molar-refractivity contribution in [1.29, 1.82) is 0 Å². The van der Waals surface area contributed by atoms with Crippen LogP contribution in [-0.2, 0) is 22.6 Å². The highest BCUT2D eigenvalue weighted by atomic mass is 16.2. The molecule has 2 N–H and O–H groups in total. The summed E-state index contributed by atoms with van der Waals surface area (Å²) in [7, 11) is 0. The van der Waals surface area contributed by atoms with Gasteiger partial charge in [-0.3, -0.25) is 9.59 Å². The van der Waals surface area contributed by atoms with Crippen molar-refractivity contribution in [3.8, 4) is 0 Å². The summed E-state index contributed by atoms with van der Waals surface area (Å²) in [6.07, 6.45) is 6.62. The van der Waals surface area contributed by atoms with Crippen LogP contribution in [0.25, 0.3) is 0 Å². The number of amides is 2. The van der Waals surface area contributed by atoms with Gasteiger partial charge in [-0.2, -0.15) is 0 Å². The van der Waals surface area contributed by atoms with Gasteiger partial charge in [-0.25, -0.2) is 4.98 Å². The predicted octanol–water partition coefficient (Wildman–Crippen LogP) is 0.827. The molecule has 1 fully saturated rings. The SMILES string of the molecule is O=C(C[C@@H]1CCC(=O)N1)Nc1cnc2n1CCCC2. The molecule has 1 saturated heterocycles. The van der Waals surface area contributed by atoms with Crippen LogP contribution in [0.15, 0.2) is 6.20 Å². The largest absolute Gasteiger partial charge is 0.353 e. The van der Waals surface area contributed by atoms with E-state index in [0.29, 0.717) is 12.8 Å². The fourth-order valence-corrected chi connectivity index (χ4v) is 2.76. The number of imidazole rings is 1. The van der Waals surface area contributed by atoms with E-state index >= 15 is 0 Å². The first kappa shape index (κ1) is 12.2. The Morgan fingerprint density at radius 1 is 1.47 bits per heavy atom. The standard InChI is InChI=1S/C13H18N4O2/c18-12-5-4-9(15-12)7-13(19)16-11-8-14-10-3-1-2-6-17(10)11/h8-9H,1-7H2,(H,15,18)(H,16,19)/t9-/m0/s1. The van der Waals surface area contributed by atoms with Crippen LogP contribution in [0, 0.1) is 0 Å². The van der Waals surface area contributed by atoms with Crippen LogP contribution in [0.3, 0.4) is 0 Å². The third-order valence-electron chi connectivity index (χ3n) is 3.75. The zero-order valence-electron chi connectivity index (χ0n) is 10.8. The first-order chi connectivity index (χ1) is 9.22. The van der Waals surface area contributed by atoms with E-state index in [0.717, 1.165) is 37.4 Å². The molecule has 0 aliphatic carbocycles. The Balaban J connectivity index is 1.60. The molecule has 1 aromatic rings. The lowest BCUT2D eigenvalue weighted by atomic mass is 10.1. The fraction of sp³-hybridized carbons (Fsp3) is 0.615. The van der Waals surface area contributed by atoms with E-state index in [-0.39, 0.29) is 17.9 Å². The Bertz CT molecular complexity index is 509. The average molecular weight is 262 g/mol. The van der Waals surface area contributed by atoms with Gasteiger partial charge < -0.3 is 15.2 Å². The van der Waals surface area contributed by atoms with Crippen molar-refractivity contribution in [2.75, 3.05) is 5.32 Å². The quantitative estimate of drug-likeness (QED) is 0.847. The Labute approximate surface area is 111 Å². The second-order valence-electron chi connectivity index (χ2n) is 5.22. The van der Waals surface area contributed by atoms with Crippen molar-refractivity contribution in [3.05, 3.63) is 12.0 Å². The van der Waals surface area contributed by atoms with Crippen LogP contribution >= 0.6 is 0 Å². The summed E-state index contributed by atoms with van der Waals surface area (Å²) in [6.45, 7) is 0.922. The molecule has 2 aliphatic heterocycles. The number of hydrogen-bond acceptors (Lipinski definition) is 3. The van der Waals surface area contributed by atoms with Gasteiger partial charge in [0.25, 0.3) is 0 Å². The lowest BCUT2D eigenvalue weighted by molar-refractivity contribution is -0.119. The zero-order chi connectivity index (χ0) is 13.2. The molecule has 6 nitrogen and oxygen atoms in total. The smallest absolute Gasteiger partial charge is 0.227 e. The van der Waals surface area contributed by atoms with Gasteiger partial charge in [0.15, 0.2) is 0 Å². The lowest BCUT2D eigenvalue weighted by Gasteiger charge is -2.17. The van der Waals surface area contributed by atoms with Gasteiger partial charge in [-0.05, 0) is 19.3 Å². The summed E-state index contributed by atoms with van der Waals surface area (Å²) in [5, 5.41) is 5.71. The van der Waals surface area contributed by atoms with Gasteiger partial charge >= 0.3 is 0 Å². The molecule has 6 heteroatoms. The van der Waals surface area contributed by atoms with Gasteiger partial charge in [0.05, 0.1) is 6.20 Å². The zero-order valence-corrected chi connectivity index (χ0v) is 10.8. The van der Waals surface area contributed by atoms with E-state index in [4.69, 9.17) is 0 Å². The van der Waals surface area contributed by atoms with Gasteiger partial charge in [0, 0.05) is 31.8 Å². The van der Waals surface area contributed by atoms with Gasteiger partial charge in [0.2, 0.25) is 11.8 Å². The Hall–Kier alpha value is -1.85. The van der Waals surface area contributed by atoms with Crippen molar-refractivity contribution in [2.24, 2.45) is 0 Å². The van der Waals surface area contributed by atoms with Gasteiger partial charge in [-0.1, -0.05) is 0 Å². The highest BCUT2D eigenvalue weighted by Crippen LogP contribution is 2.20. The van der Waals surface area contributed by atoms with E-state index in [1.165, 1.54) is 6.42 Å². The minimum Gasteiger partial charge on any atom is -0.353 e. The lowest BCUT2D eigenvalue weighted by Crippen LogP contribution is -2.30. The van der Waals surface area contributed by atoms with Gasteiger partial charge in [0.1, 0.15) is 11.6 Å². The summed E-state index contributed by atoms with van der Waals surface area (Å²) in [5.41, 5.74) is 0. The second-order valence-corrected chi connectivity index (χ2v) is 5.22. The van der Waals surface area contributed by atoms with E-state index < -0.39 is 0 Å². The fourth-order valence-electron chi connectivity index (χ4n) is 2.76. The molecule has 19 heavy (non-hydrogen) atoms. The molecule has 2 aliphatic rings. The van der Waals surface area contributed by atoms with E-state index in [2.05, 4.69) is 20.2 Å². The first-order valence-corrected chi connectivity index (χ1v) is 6.86. The summed E-state index contributed by atoms with van der Waals surface area (Å²) >= 11 is 0. The number of hydrogen-bond donors (Lipinski definition) is 2. The van der Waals surface area contributed by atoms with Crippen LogP contribution in [0.2, 0.25) is 0 Å². The normalized spacial score (nSPS) is 21.9. The monoisotopic (exact) mass is 262 g/mol. The summed E-state index contributed by atoms with van der Waals surface area (Å²) in [6, 6.07) is -0.0174. The molecule has 1 aromatic heterocycles. The number of nitrogens with one attached hydrogen (secondary N) is 2. The maximum absolute atomic E-state index is 12.0. The summed E-state index contributed by atoms with van der Waals surface area (Å²) in [5.74, 6) is 1.82.